The SMILES string of the molecule is O=C(CC1CCC(F)(F)C1)c1cnsn1. The lowest BCUT2D eigenvalue weighted by molar-refractivity contribution is 0.00497. The molecule has 0 aromatic carbocycles. The lowest BCUT2D eigenvalue weighted by atomic mass is 10.00. The van der Waals surface area contributed by atoms with Crippen molar-refractivity contribution in [1.29, 1.82) is 0 Å². The minimum atomic E-state index is -2.58. The van der Waals surface area contributed by atoms with Gasteiger partial charge >= 0.3 is 0 Å². The van der Waals surface area contributed by atoms with Gasteiger partial charge in [0.1, 0.15) is 5.69 Å². The summed E-state index contributed by atoms with van der Waals surface area (Å²) in [6.45, 7) is 0. The molecule has 1 saturated carbocycles. The second-order valence-corrected chi connectivity index (χ2v) is 4.44. The molecule has 0 spiro atoms. The first-order valence-corrected chi connectivity index (χ1v) is 5.48. The molecule has 1 heterocycles. The number of nitrogens with zero attached hydrogens (tertiary/aromatic N) is 2. The molecule has 0 radical (unpaired) electrons. The summed E-state index contributed by atoms with van der Waals surface area (Å²) >= 11 is 0.957. The Bertz CT molecular complexity index is 353. The van der Waals surface area contributed by atoms with Crippen molar-refractivity contribution in [3.05, 3.63) is 11.9 Å². The predicted octanol–water partition coefficient (Wildman–Crippen LogP) is 2.55. The third kappa shape index (κ3) is 2.56. The molecular weight excluding hydrogens is 222 g/mol. The second kappa shape index (κ2) is 3.92. The van der Waals surface area contributed by atoms with E-state index < -0.39 is 5.92 Å². The zero-order valence-electron chi connectivity index (χ0n) is 7.95. The molecule has 1 unspecified atom stereocenters. The van der Waals surface area contributed by atoms with Gasteiger partial charge in [0.2, 0.25) is 5.92 Å². The fraction of sp³-hybridized carbons (Fsp3) is 0.667. The number of carbonyl (C=O) groups is 1. The average Bonchev–Trinajstić information content (AvgIpc) is 2.74. The van der Waals surface area contributed by atoms with Gasteiger partial charge < -0.3 is 0 Å². The molecule has 0 bridgehead atoms. The van der Waals surface area contributed by atoms with Crippen LogP contribution in [0.3, 0.4) is 0 Å². The van der Waals surface area contributed by atoms with E-state index in [2.05, 4.69) is 8.75 Å². The van der Waals surface area contributed by atoms with Crippen LogP contribution in [0.4, 0.5) is 8.78 Å². The first-order valence-electron chi connectivity index (χ1n) is 4.75. The quantitative estimate of drug-likeness (QED) is 0.752. The summed E-state index contributed by atoms with van der Waals surface area (Å²) in [6, 6.07) is 0. The third-order valence-corrected chi connectivity index (χ3v) is 3.10. The highest BCUT2D eigenvalue weighted by Crippen LogP contribution is 2.40. The average molecular weight is 232 g/mol. The maximum Gasteiger partial charge on any atom is 0.248 e. The Morgan fingerprint density at radius 2 is 2.47 bits per heavy atom. The number of aromatic nitrogens is 2. The molecule has 15 heavy (non-hydrogen) atoms. The minimum absolute atomic E-state index is 0.0970. The van der Waals surface area contributed by atoms with Gasteiger partial charge in [-0.1, -0.05) is 0 Å². The number of Topliss-reactive ketones (excluding diaryl/α,β-unsaturated/α-hetero) is 1. The summed E-state index contributed by atoms with van der Waals surface area (Å²) < 4.78 is 33.2. The molecule has 1 aliphatic rings. The molecule has 1 atom stereocenters. The van der Waals surface area contributed by atoms with Gasteiger partial charge in [0.15, 0.2) is 5.78 Å². The van der Waals surface area contributed by atoms with Crippen LogP contribution in [0.25, 0.3) is 0 Å². The molecule has 0 amide bonds. The summed E-state index contributed by atoms with van der Waals surface area (Å²) in [6.07, 6.45) is 1.72. The highest BCUT2D eigenvalue weighted by atomic mass is 32.1. The maximum atomic E-state index is 12.9. The van der Waals surface area contributed by atoms with Gasteiger partial charge in [-0.25, -0.2) is 8.78 Å². The van der Waals surface area contributed by atoms with E-state index in [-0.39, 0.29) is 31.0 Å². The Hall–Kier alpha value is -0.910. The monoisotopic (exact) mass is 232 g/mol. The van der Waals surface area contributed by atoms with Crippen molar-refractivity contribution >= 4 is 17.5 Å². The molecule has 1 aromatic rings. The third-order valence-electron chi connectivity index (χ3n) is 2.63. The summed E-state index contributed by atoms with van der Waals surface area (Å²) in [7, 11) is 0. The van der Waals surface area contributed by atoms with E-state index in [1.54, 1.807) is 0 Å². The van der Waals surface area contributed by atoms with Crippen LogP contribution in [0.15, 0.2) is 6.20 Å². The van der Waals surface area contributed by atoms with Crippen molar-refractivity contribution in [2.45, 2.75) is 31.6 Å². The van der Waals surface area contributed by atoms with E-state index >= 15 is 0 Å². The second-order valence-electron chi connectivity index (χ2n) is 3.88. The molecule has 0 aliphatic heterocycles. The zero-order valence-corrected chi connectivity index (χ0v) is 8.77. The predicted molar refractivity (Wildman–Crippen MR) is 51.1 cm³/mol. The Labute approximate surface area is 89.8 Å². The summed E-state index contributed by atoms with van der Waals surface area (Å²) in [5.74, 6) is -2.95. The van der Waals surface area contributed by atoms with E-state index in [0.29, 0.717) is 12.1 Å². The van der Waals surface area contributed by atoms with E-state index in [1.807, 2.05) is 0 Å². The van der Waals surface area contributed by atoms with Crippen molar-refractivity contribution in [2.75, 3.05) is 0 Å². The number of rotatable bonds is 3. The van der Waals surface area contributed by atoms with E-state index in [9.17, 15) is 13.6 Å². The van der Waals surface area contributed by atoms with Crippen LogP contribution in [0, 0.1) is 5.92 Å². The topological polar surface area (TPSA) is 42.9 Å². The Balaban J connectivity index is 1.91. The van der Waals surface area contributed by atoms with Crippen LogP contribution in [0.2, 0.25) is 0 Å². The van der Waals surface area contributed by atoms with Crippen LogP contribution in [0.1, 0.15) is 36.2 Å². The molecule has 6 heteroatoms. The molecule has 1 fully saturated rings. The standard InChI is InChI=1S/C9H10F2N2OS/c10-9(11)2-1-6(4-9)3-8(14)7-5-12-15-13-7/h5-6H,1-4H2. The van der Waals surface area contributed by atoms with Crippen molar-refractivity contribution in [2.24, 2.45) is 5.92 Å². The van der Waals surface area contributed by atoms with Crippen LogP contribution in [0.5, 0.6) is 0 Å². The zero-order chi connectivity index (χ0) is 10.9. The van der Waals surface area contributed by atoms with Crippen molar-refractivity contribution in [1.82, 2.24) is 8.75 Å². The first kappa shape index (κ1) is 10.6. The number of alkyl halides is 2. The van der Waals surface area contributed by atoms with Crippen molar-refractivity contribution in [3.63, 3.8) is 0 Å². The van der Waals surface area contributed by atoms with Crippen LogP contribution in [-0.4, -0.2) is 20.5 Å². The van der Waals surface area contributed by atoms with Crippen LogP contribution in [-0.2, 0) is 0 Å². The highest BCUT2D eigenvalue weighted by Gasteiger charge is 2.40. The number of hydrogen-bond donors (Lipinski definition) is 0. The van der Waals surface area contributed by atoms with E-state index in [0.717, 1.165) is 11.7 Å². The maximum absolute atomic E-state index is 12.9. The van der Waals surface area contributed by atoms with Gasteiger partial charge in [0, 0.05) is 19.3 Å². The van der Waals surface area contributed by atoms with Gasteiger partial charge in [-0.05, 0) is 12.3 Å². The number of ketones is 1. The fourth-order valence-electron chi connectivity index (χ4n) is 1.87. The largest absolute Gasteiger partial charge is 0.292 e. The normalized spacial score (nSPS) is 24.3. The molecule has 3 nitrogen and oxygen atoms in total. The van der Waals surface area contributed by atoms with Gasteiger partial charge in [0.05, 0.1) is 17.9 Å². The van der Waals surface area contributed by atoms with Gasteiger partial charge in [-0.2, -0.15) is 8.75 Å². The van der Waals surface area contributed by atoms with E-state index in [4.69, 9.17) is 0 Å². The van der Waals surface area contributed by atoms with E-state index in [1.165, 1.54) is 6.20 Å². The van der Waals surface area contributed by atoms with Crippen molar-refractivity contribution < 1.29 is 13.6 Å². The van der Waals surface area contributed by atoms with Crippen LogP contribution < -0.4 is 0 Å². The Morgan fingerprint density at radius 1 is 1.67 bits per heavy atom. The molecule has 0 N–H and O–H groups in total. The lowest BCUT2D eigenvalue weighted by Crippen LogP contribution is -2.12. The minimum Gasteiger partial charge on any atom is -0.292 e. The van der Waals surface area contributed by atoms with Gasteiger partial charge in [-0.3, -0.25) is 4.79 Å². The summed E-state index contributed by atoms with van der Waals surface area (Å²) in [5, 5.41) is 0. The van der Waals surface area contributed by atoms with Gasteiger partial charge in [0.25, 0.3) is 0 Å². The molecule has 1 aromatic heterocycles. The summed E-state index contributed by atoms with van der Waals surface area (Å²) in [5.41, 5.74) is 0.301. The molecule has 1 aliphatic carbocycles. The number of hydrogen-bond acceptors (Lipinski definition) is 4. The fourth-order valence-corrected chi connectivity index (χ4v) is 2.30. The highest BCUT2D eigenvalue weighted by molar-refractivity contribution is 6.99. The van der Waals surface area contributed by atoms with Crippen LogP contribution >= 0.6 is 11.7 Å². The number of carbonyl (C=O) groups excluding carboxylic acids is 1. The Kier molecular flexibility index (Phi) is 2.77. The number of halogens is 2. The Morgan fingerprint density at radius 3 is 3.00 bits per heavy atom. The lowest BCUT2D eigenvalue weighted by Gasteiger charge is -2.08. The smallest absolute Gasteiger partial charge is 0.248 e. The van der Waals surface area contributed by atoms with Gasteiger partial charge in [-0.15, -0.1) is 0 Å². The van der Waals surface area contributed by atoms with Crippen molar-refractivity contribution in [3.8, 4) is 0 Å². The summed E-state index contributed by atoms with van der Waals surface area (Å²) in [4.78, 5) is 11.5. The molecule has 2 rings (SSSR count). The molecule has 82 valence electrons. The first-order chi connectivity index (χ1) is 7.07. The molecule has 0 saturated heterocycles. The molecular formula is C9H10F2N2OS.